The van der Waals surface area contributed by atoms with Crippen molar-refractivity contribution in [3.05, 3.63) is 70.8 Å². The van der Waals surface area contributed by atoms with Crippen molar-refractivity contribution in [2.75, 3.05) is 0 Å². The van der Waals surface area contributed by atoms with Crippen LogP contribution in [0.3, 0.4) is 0 Å². The van der Waals surface area contributed by atoms with Crippen molar-refractivity contribution in [2.24, 2.45) is 0 Å². The van der Waals surface area contributed by atoms with E-state index in [9.17, 15) is 27.9 Å². The molecule has 3 rings (SSSR count). The summed E-state index contributed by atoms with van der Waals surface area (Å²) in [6.07, 6.45) is -4.59. The number of hydrogen-bond acceptors (Lipinski definition) is 2. The van der Waals surface area contributed by atoms with Gasteiger partial charge in [0.2, 0.25) is 5.91 Å². The third-order valence-corrected chi connectivity index (χ3v) is 4.46. The predicted molar refractivity (Wildman–Crippen MR) is 87.3 cm³/mol. The highest BCUT2D eigenvalue weighted by Gasteiger charge is 2.35. The molecule has 0 bridgehead atoms. The van der Waals surface area contributed by atoms with E-state index in [2.05, 4.69) is 0 Å². The Balaban J connectivity index is 1.83. The number of hydrogen-bond donors (Lipinski definition) is 1. The molecule has 0 aliphatic carbocycles. The number of carbonyl (C=O) groups excluding carboxylic acids is 1. The zero-order chi connectivity index (χ0) is 18.9. The third kappa shape index (κ3) is 3.71. The van der Waals surface area contributed by atoms with Crippen LogP contribution in [0, 0.1) is 0 Å². The van der Waals surface area contributed by atoms with E-state index in [-0.39, 0.29) is 24.9 Å². The van der Waals surface area contributed by atoms with Gasteiger partial charge in [-0.3, -0.25) is 4.79 Å². The van der Waals surface area contributed by atoms with E-state index >= 15 is 0 Å². The minimum atomic E-state index is -4.49. The molecule has 2 aromatic carbocycles. The highest BCUT2D eigenvalue weighted by Crippen LogP contribution is 2.30. The van der Waals surface area contributed by atoms with Gasteiger partial charge in [-0.1, -0.05) is 42.5 Å². The number of rotatable bonds is 3. The van der Waals surface area contributed by atoms with Crippen molar-refractivity contribution >= 4 is 11.9 Å². The maximum atomic E-state index is 12.8. The quantitative estimate of drug-likeness (QED) is 0.911. The molecule has 0 saturated carbocycles. The number of alkyl halides is 3. The maximum absolute atomic E-state index is 12.8. The summed E-state index contributed by atoms with van der Waals surface area (Å²) in [4.78, 5) is 25.4. The topological polar surface area (TPSA) is 57.6 Å². The van der Waals surface area contributed by atoms with Crippen LogP contribution in [0.2, 0.25) is 0 Å². The summed E-state index contributed by atoms with van der Waals surface area (Å²) < 4.78 is 38.5. The molecule has 1 aliphatic heterocycles. The standard InChI is InChI=1S/C19H16F3NO3/c20-19(21,22)15-7-3-4-12(8-15)9-17(24)23-11-14-6-2-1-5-13(14)10-16(23)18(25)26/h1-8,16H,9-11H2,(H,25,26). The van der Waals surface area contributed by atoms with Gasteiger partial charge in [-0.05, 0) is 22.8 Å². The average Bonchev–Trinajstić information content (AvgIpc) is 2.60. The van der Waals surface area contributed by atoms with E-state index in [1.54, 1.807) is 12.1 Å². The molecule has 0 aromatic heterocycles. The number of aliphatic carboxylic acids is 1. The van der Waals surface area contributed by atoms with Gasteiger partial charge >= 0.3 is 12.1 Å². The van der Waals surface area contributed by atoms with Gasteiger partial charge < -0.3 is 10.0 Å². The van der Waals surface area contributed by atoms with Gasteiger partial charge in [0.15, 0.2) is 0 Å². The zero-order valence-corrected chi connectivity index (χ0v) is 13.7. The van der Waals surface area contributed by atoms with Crippen molar-refractivity contribution in [1.29, 1.82) is 0 Å². The molecule has 0 spiro atoms. The molecule has 0 radical (unpaired) electrons. The Morgan fingerprint density at radius 3 is 2.42 bits per heavy atom. The average molecular weight is 363 g/mol. The highest BCUT2D eigenvalue weighted by atomic mass is 19.4. The SMILES string of the molecule is O=C(O)C1Cc2ccccc2CN1C(=O)Cc1cccc(C(F)(F)F)c1. The van der Waals surface area contributed by atoms with Gasteiger partial charge in [0.1, 0.15) is 6.04 Å². The van der Waals surface area contributed by atoms with Gasteiger partial charge in [0.05, 0.1) is 12.0 Å². The van der Waals surface area contributed by atoms with Crippen LogP contribution in [0.5, 0.6) is 0 Å². The van der Waals surface area contributed by atoms with Crippen molar-refractivity contribution < 1.29 is 27.9 Å². The Morgan fingerprint density at radius 1 is 1.08 bits per heavy atom. The summed E-state index contributed by atoms with van der Waals surface area (Å²) in [6, 6.07) is 10.7. The van der Waals surface area contributed by atoms with E-state index in [0.29, 0.717) is 0 Å². The fourth-order valence-electron chi connectivity index (χ4n) is 3.14. The van der Waals surface area contributed by atoms with Crippen LogP contribution >= 0.6 is 0 Å². The molecule has 1 N–H and O–H groups in total. The molecule has 136 valence electrons. The predicted octanol–water partition coefficient (Wildman–Crippen LogP) is 3.29. The Bertz CT molecular complexity index is 848. The van der Waals surface area contributed by atoms with E-state index in [1.807, 2.05) is 12.1 Å². The number of carboxylic acid groups (broad SMARTS) is 1. The van der Waals surface area contributed by atoms with Crippen LogP contribution in [0.15, 0.2) is 48.5 Å². The van der Waals surface area contributed by atoms with Gasteiger partial charge in [0.25, 0.3) is 0 Å². The molecule has 4 nitrogen and oxygen atoms in total. The van der Waals surface area contributed by atoms with Crippen molar-refractivity contribution in [3.8, 4) is 0 Å². The molecular weight excluding hydrogens is 347 g/mol. The number of carboxylic acids is 1. The van der Waals surface area contributed by atoms with E-state index in [1.165, 1.54) is 17.0 Å². The van der Waals surface area contributed by atoms with Crippen LogP contribution in [-0.2, 0) is 35.2 Å². The van der Waals surface area contributed by atoms with Gasteiger partial charge in [-0.2, -0.15) is 13.2 Å². The summed E-state index contributed by atoms with van der Waals surface area (Å²) in [5.41, 5.74) is 1.08. The lowest BCUT2D eigenvalue weighted by atomic mass is 9.93. The molecular formula is C19H16F3NO3. The van der Waals surface area contributed by atoms with Gasteiger partial charge in [-0.25, -0.2) is 4.79 Å². The molecule has 1 heterocycles. The van der Waals surface area contributed by atoms with Gasteiger partial charge in [-0.15, -0.1) is 0 Å². The minimum Gasteiger partial charge on any atom is -0.480 e. The van der Waals surface area contributed by atoms with E-state index in [0.717, 1.165) is 23.3 Å². The van der Waals surface area contributed by atoms with Crippen molar-refractivity contribution in [1.82, 2.24) is 4.90 Å². The smallest absolute Gasteiger partial charge is 0.416 e. The lowest BCUT2D eigenvalue weighted by Crippen LogP contribution is -2.49. The first-order valence-corrected chi connectivity index (χ1v) is 8.01. The van der Waals surface area contributed by atoms with Crippen molar-refractivity contribution in [2.45, 2.75) is 31.6 Å². The first kappa shape index (κ1) is 18.0. The van der Waals surface area contributed by atoms with Crippen LogP contribution in [0.4, 0.5) is 13.2 Å². The summed E-state index contributed by atoms with van der Waals surface area (Å²) in [5.74, 6) is -1.64. The summed E-state index contributed by atoms with van der Waals surface area (Å²) in [6.45, 7) is 0.130. The molecule has 1 amide bonds. The molecule has 7 heteroatoms. The van der Waals surface area contributed by atoms with E-state index in [4.69, 9.17) is 0 Å². The first-order valence-electron chi connectivity index (χ1n) is 8.01. The number of carbonyl (C=O) groups is 2. The largest absolute Gasteiger partial charge is 0.480 e. The normalized spacial score (nSPS) is 16.9. The Labute approximate surface area is 147 Å². The van der Waals surface area contributed by atoms with Crippen LogP contribution < -0.4 is 0 Å². The number of amides is 1. The second-order valence-electron chi connectivity index (χ2n) is 6.22. The summed E-state index contributed by atoms with van der Waals surface area (Å²) in [5, 5.41) is 9.46. The second-order valence-corrected chi connectivity index (χ2v) is 6.22. The maximum Gasteiger partial charge on any atom is 0.416 e. The van der Waals surface area contributed by atoms with E-state index < -0.39 is 29.7 Å². The van der Waals surface area contributed by atoms with Crippen LogP contribution in [0.1, 0.15) is 22.3 Å². The lowest BCUT2D eigenvalue weighted by Gasteiger charge is -2.34. The lowest BCUT2D eigenvalue weighted by molar-refractivity contribution is -0.151. The summed E-state index contributed by atoms with van der Waals surface area (Å²) in [7, 11) is 0. The van der Waals surface area contributed by atoms with Crippen LogP contribution in [0.25, 0.3) is 0 Å². The Kier molecular flexibility index (Phi) is 4.71. The molecule has 2 aromatic rings. The molecule has 1 unspecified atom stereocenters. The monoisotopic (exact) mass is 363 g/mol. The fraction of sp³-hybridized carbons (Fsp3) is 0.263. The molecule has 0 saturated heterocycles. The van der Waals surface area contributed by atoms with Crippen LogP contribution in [-0.4, -0.2) is 27.9 Å². The molecule has 1 aliphatic rings. The summed E-state index contributed by atoms with van der Waals surface area (Å²) >= 11 is 0. The third-order valence-electron chi connectivity index (χ3n) is 4.46. The number of halogens is 3. The Morgan fingerprint density at radius 2 is 1.77 bits per heavy atom. The number of benzene rings is 2. The number of nitrogens with zero attached hydrogens (tertiary/aromatic N) is 1. The molecule has 1 atom stereocenters. The minimum absolute atomic E-state index is 0.130. The van der Waals surface area contributed by atoms with Gasteiger partial charge in [0, 0.05) is 13.0 Å². The molecule has 0 fully saturated rings. The second kappa shape index (κ2) is 6.82. The zero-order valence-electron chi connectivity index (χ0n) is 13.7. The van der Waals surface area contributed by atoms with Crippen molar-refractivity contribution in [3.63, 3.8) is 0 Å². The first-order chi connectivity index (χ1) is 12.3. The number of fused-ring (bicyclic) bond motifs is 1. The Hall–Kier alpha value is -2.83. The fourth-order valence-corrected chi connectivity index (χ4v) is 3.14. The molecule has 26 heavy (non-hydrogen) atoms. The highest BCUT2D eigenvalue weighted by molar-refractivity contribution is 5.85.